The van der Waals surface area contributed by atoms with Gasteiger partial charge >= 0.3 is 17.9 Å². The number of aliphatic hydroxyl groups excluding tert-OH is 1. The quantitative estimate of drug-likeness (QED) is 0.273. The van der Waals surface area contributed by atoms with Gasteiger partial charge in [-0.2, -0.15) is 0 Å². The Kier molecular flexibility index (Phi) is 10.9. The van der Waals surface area contributed by atoms with Gasteiger partial charge in [-0.3, -0.25) is 24.0 Å². The average Bonchev–Trinajstić information content (AvgIpc) is 3.15. The van der Waals surface area contributed by atoms with Crippen LogP contribution < -0.4 is 0 Å². The lowest BCUT2D eigenvalue weighted by Crippen LogP contribution is -2.56. The molecule has 2 rings (SSSR count). The fourth-order valence-electron chi connectivity index (χ4n) is 5.36. The molecule has 1 fully saturated rings. The summed E-state index contributed by atoms with van der Waals surface area (Å²) in [4.78, 5) is 65.8. The van der Waals surface area contributed by atoms with E-state index in [2.05, 4.69) is 6.58 Å². The van der Waals surface area contributed by atoms with Crippen LogP contribution in [0.15, 0.2) is 24.3 Å². The van der Waals surface area contributed by atoms with E-state index in [1.807, 2.05) is 0 Å². The SMILES string of the molecule is C=C1C(OC(=O)C(C)C)C(O)C(=O)C(C)(C)/C=C\C(C)C(=O)C2(O)CC(C)C(OC(=O)CC)C2C1OC(=O)C(C)C. The molecule has 2 aliphatic rings. The molecule has 0 bridgehead atoms. The van der Waals surface area contributed by atoms with Crippen molar-refractivity contribution in [2.75, 3.05) is 0 Å². The van der Waals surface area contributed by atoms with Crippen LogP contribution in [0.4, 0.5) is 0 Å². The summed E-state index contributed by atoms with van der Waals surface area (Å²) in [5.74, 6) is -7.59. The number of Topliss-reactive ketones (excluding diaryl/α,β-unsaturated/α-hetero) is 2. The van der Waals surface area contributed by atoms with E-state index >= 15 is 0 Å². The van der Waals surface area contributed by atoms with E-state index in [9.17, 15) is 34.2 Å². The van der Waals surface area contributed by atoms with E-state index < -0.39 is 94.5 Å². The Bertz CT molecular complexity index is 1090. The van der Waals surface area contributed by atoms with E-state index in [0.29, 0.717) is 0 Å². The molecule has 0 aromatic rings. The third-order valence-corrected chi connectivity index (χ3v) is 7.97. The molecule has 0 amide bonds. The van der Waals surface area contributed by atoms with Gasteiger partial charge in [-0.05, 0) is 26.2 Å². The number of esters is 3. The number of hydrogen-bond donors (Lipinski definition) is 2. The molecule has 2 N–H and O–H groups in total. The summed E-state index contributed by atoms with van der Waals surface area (Å²) >= 11 is 0. The maximum absolute atomic E-state index is 14.0. The molecular formula is C31H46O10. The Morgan fingerprint density at radius 1 is 0.976 bits per heavy atom. The third kappa shape index (κ3) is 7.15. The fourth-order valence-corrected chi connectivity index (χ4v) is 5.36. The molecule has 0 spiro atoms. The molecule has 10 heteroatoms. The number of allylic oxidation sites excluding steroid dienone is 2. The van der Waals surface area contributed by atoms with Crippen molar-refractivity contribution in [1.29, 1.82) is 0 Å². The summed E-state index contributed by atoms with van der Waals surface area (Å²) in [5.41, 5.74) is -3.70. The third-order valence-electron chi connectivity index (χ3n) is 7.97. The molecule has 8 atom stereocenters. The zero-order valence-electron chi connectivity index (χ0n) is 25.6. The standard InChI is InChI=1S/C31H46O10/c1-11-20(32)39-23-18(7)14-31(38)21(23)24(40-28(36)15(2)3)19(8)25(41-29(37)16(4)5)22(33)27(35)30(9,10)13-12-17(6)26(31)34/h12-13,15-18,21-25,33,38H,8,11,14H2,1-7,9-10H3/b13-12-. The molecule has 10 nitrogen and oxygen atoms in total. The average molecular weight is 579 g/mol. The highest BCUT2D eigenvalue weighted by molar-refractivity contribution is 5.93. The molecule has 0 aromatic carbocycles. The van der Waals surface area contributed by atoms with Crippen molar-refractivity contribution in [3.8, 4) is 0 Å². The normalized spacial score (nSPS) is 34.9. The lowest BCUT2D eigenvalue weighted by atomic mass is 9.73. The van der Waals surface area contributed by atoms with Crippen molar-refractivity contribution in [2.45, 2.75) is 105 Å². The molecule has 8 unspecified atom stereocenters. The van der Waals surface area contributed by atoms with Gasteiger partial charge in [0.05, 0.1) is 17.8 Å². The first-order valence-corrected chi connectivity index (χ1v) is 14.3. The molecule has 2 aliphatic carbocycles. The summed E-state index contributed by atoms with van der Waals surface area (Å²) in [6.45, 7) is 18.2. The first-order valence-electron chi connectivity index (χ1n) is 14.3. The minimum absolute atomic E-state index is 0.00970. The minimum atomic E-state index is -2.17. The van der Waals surface area contributed by atoms with Gasteiger partial charge in [-0.1, -0.05) is 67.2 Å². The predicted octanol–water partition coefficient (Wildman–Crippen LogP) is 3.12. The van der Waals surface area contributed by atoms with Gasteiger partial charge in [0, 0.05) is 23.3 Å². The van der Waals surface area contributed by atoms with Crippen molar-refractivity contribution in [1.82, 2.24) is 0 Å². The Morgan fingerprint density at radius 3 is 1.98 bits per heavy atom. The molecule has 0 radical (unpaired) electrons. The molecule has 230 valence electrons. The van der Waals surface area contributed by atoms with E-state index in [4.69, 9.17) is 14.2 Å². The molecular weight excluding hydrogens is 532 g/mol. The van der Waals surface area contributed by atoms with E-state index in [0.717, 1.165) is 0 Å². The summed E-state index contributed by atoms with van der Waals surface area (Å²) in [7, 11) is 0. The van der Waals surface area contributed by atoms with Crippen molar-refractivity contribution in [3.05, 3.63) is 24.3 Å². The van der Waals surface area contributed by atoms with Gasteiger partial charge in [0.1, 0.15) is 17.8 Å². The highest BCUT2D eigenvalue weighted by Gasteiger charge is 2.62. The zero-order valence-corrected chi connectivity index (χ0v) is 25.6. The van der Waals surface area contributed by atoms with Gasteiger partial charge < -0.3 is 24.4 Å². The van der Waals surface area contributed by atoms with Gasteiger partial charge in [0.2, 0.25) is 0 Å². The van der Waals surface area contributed by atoms with E-state index in [1.165, 1.54) is 26.0 Å². The van der Waals surface area contributed by atoms with Crippen molar-refractivity contribution >= 4 is 29.5 Å². The Labute approximate surface area is 242 Å². The highest BCUT2D eigenvalue weighted by atomic mass is 16.6. The van der Waals surface area contributed by atoms with Crippen LogP contribution in [0.25, 0.3) is 0 Å². The molecule has 0 aromatic heterocycles. The Hall–Kier alpha value is -2.85. The number of carbonyl (C=O) groups excluding carboxylic acids is 5. The van der Waals surface area contributed by atoms with Crippen LogP contribution >= 0.6 is 0 Å². The summed E-state index contributed by atoms with van der Waals surface area (Å²) in [6, 6.07) is 0. The fraction of sp³-hybridized carbons (Fsp3) is 0.710. The molecule has 1 saturated carbocycles. The summed E-state index contributed by atoms with van der Waals surface area (Å²) in [6.07, 6.45) is -3.50. The lowest BCUT2D eigenvalue weighted by Gasteiger charge is -2.41. The molecule has 0 heterocycles. The Balaban J connectivity index is 2.92. The summed E-state index contributed by atoms with van der Waals surface area (Å²) in [5, 5.41) is 23.5. The van der Waals surface area contributed by atoms with Crippen molar-refractivity contribution in [2.24, 2.45) is 35.0 Å². The van der Waals surface area contributed by atoms with Crippen LogP contribution in [-0.4, -0.2) is 69.7 Å². The number of ether oxygens (including phenoxy) is 3. The topological polar surface area (TPSA) is 154 Å². The molecule has 0 aliphatic heterocycles. The monoisotopic (exact) mass is 578 g/mol. The first-order chi connectivity index (χ1) is 18.8. The van der Waals surface area contributed by atoms with Crippen LogP contribution in [0.1, 0.15) is 75.2 Å². The second kappa shape index (κ2) is 13.0. The van der Waals surface area contributed by atoms with Crippen LogP contribution in [0.5, 0.6) is 0 Å². The number of aliphatic hydroxyl groups is 2. The van der Waals surface area contributed by atoms with E-state index in [1.54, 1.807) is 48.5 Å². The first kappa shape index (κ1) is 34.4. The number of carbonyl (C=O) groups is 5. The Morgan fingerprint density at radius 2 is 1.49 bits per heavy atom. The molecule has 41 heavy (non-hydrogen) atoms. The van der Waals surface area contributed by atoms with Gasteiger partial charge in [0.15, 0.2) is 23.8 Å². The van der Waals surface area contributed by atoms with Crippen LogP contribution in [0, 0.1) is 35.0 Å². The maximum Gasteiger partial charge on any atom is 0.309 e. The van der Waals surface area contributed by atoms with Crippen molar-refractivity contribution in [3.63, 3.8) is 0 Å². The predicted molar refractivity (Wildman–Crippen MR) is 149 cm³/mol. The minimum Gasteiger partial charge on any atom is -0.461 e. The van der Waals surface area contributed by atoms with Gasteiger partial charge in [0.25, 0.3) is 0 Å². The van der Waals surface area contributed by atoms with E-state index in [-0.39, 0.29) is 18.4 Å². The number of fused-ring (bicyclic) bond motifs is 1. The summed E-state index contributed by atoms with van der Waals surface area (Å²) < 4.78 is 17.2. The number of ketones is 2. The maximum atomic E-state index is 14.0. The largest absolute Gasteiger partial charge is 0.461 e. The number of hydrogen-bond acceptors (Lipinski definition) is 10. The zero-order chi connectivity index (χ0) is 31.6. The smallest absolute Gasteiger partial charge is 0.309 e. The van der Waals surface area contributed by atoms with Gasteiger partial charge in [-0.15, -0.1) is 0 Å². The van der Waals surface area contributed by atoms with Crippen LogP contribution in [-0.2, 0) is 38.2 Å². The highest BCUT2D eigenvalue weighted by Crippen LogP contribution is 2.49. The number of rotatable bonds is 6. The molecule has 0 saturated heterocycles. The van der Waals surface area contributed by atoms with Crippen LogP contribution in [0.2, 0.25) is 0 Å². The lowest BCUT2D eigenvalue weighted by molar-refractivity contribution is -0.177. The van der Waals surface area contributed by atoms with Crippen LogP contribution in [0.3, 0.4) is 0 Å². The second-order valence-electron chi connectivity index (χ2n) is 12.6. The second-order valence-corrected chi connectivity index (χ2v) is 12.6. The van der Waals surface area contributed by atoms with Crippen molar-refractivity contribution < 1.29 is 48.4 Å². The van der Waals surface area contributed by atoms with Gasteiger partial charge in [-0.25, -0.2) is 0 Å².